The number of halogens is 2. The molecule has 23 heavy (non-hydrogen) atoms. The first-order valence-corrected chi connectivity index (χ1v) is 10.2. The van der Waals surface area contributed by atoms with Gasteiger partial charge in [-0.2, -0.15) is 0 Å². The summed E-state index contributed by atoms with van der Waals surface area (Å²) in [6.45, 7) is 8.49. The monoisotopic (exact) mass is 491 g/mol. The molecule has 0 aromatic heterocycles. The zero-order valence-electron chi connectivity index (χ0n) is 13.3. The van der Waals surface area contributed by atoms with E-state index in [1.165, 1.54) is 32.5 Å². The molecule has 2 fully saturated rings. The van der Waals surface area contributed by atoms with Crippen LogP contribution in [0.25, 0.3) is 0 Å². The molecule has 0 radical (unpaired) electrons. The third-order valence-corrected chi connectivity index (χ3v) is 6.18. The Morgan fingerprint density at radius 3 is 2.26 bits per heavy atom. The molecule has 0 saturated carbocycles. The van der Waals surface area contributed by atoms with E-state index in [2.05, 4.69) is 48.3 Å². The van der Waals surface area contributed by atoms with E-state index in [-0.39, 0.29) is 5.91 Å². The number of benzene rings is 1. The highest BCUT2D eigenvalue weighted by Crippen LogP contribution is 2.20. The predicted molar refractivity (Wildman–Crippen MR) is 105 cm³/mol. The van der Waals surface area contributed by atoms with Crippen molar-refractivity contribution in [2.45, 2.75) is 12.8 Å². The third-order valence-electron chi connectivity index (χ3n) is 4.75. The number of carbonyl (C=O) groups excluding carboxylic acids is 1. The lowest BCUT2D eigenvalue weighted by Crippen LogP contribution is -2.50. The van der Waals surface area contributed by atoms with Crippen molar-refractivity contribution in [2.24, 2.45) is 0 Å². The standard InChI is InChI=1S/C17H23BrIN3O/c18-14-3-4-16(19)15(13-14)17(23)22-11-9-21(10-12-22)8-7-20-5-1-2-6-20/h3-4,13H,1-2,5-12H2. The van der Waals surface area contributed by atoms with Gasteiger partial charge in [-0.3, -0.25) is 9.69 Å². The Balaban J connectivity index is 1.50. The molecule has 1 aromatic carbocycles. The summed E-state index contributed by atoms with van der Waals surface area (Å²) in [5.41, 5.74) is 0.811. The van der Waals surface area contributed by atoms with Crippen molar-refractivity contribution in [3.63, 3.8) is 0 Å². The lowest BCUT2D eigenvalue weighted by molar-refractivity contribution is 0.0625. The van der Waals surface area contributed by atoms with Crippen molar-refractivity contribution in [1.29, 1.82) is 0 Å². The fraction of sp³-hybridized carbons (Fsp3) is 0.588. The zero-order valence-corrected chi connectivity index (χ0v) is 17.1. The number of carbonyl (C=O) groups is 1. The van der Waals surface area contributed by atoms with E-state index < -0.39 is 0 Å². The van der Waals surface area contributed by atoms with Crippen molar-refractivity contribution in [2.75, 3.05) is 52.4 Å². The topological polar surface area (TPSA) is 26.8 Å². The van der Waals surface area contributed by atoms with Crippen LogP contribution in [0.15, 0.2) is 22.7 Å². The van der Waals surface area contributed by atoms with E-state index in [0.717, 1.165) is 46.3 Å². The Kier molecular flexibility index (Phi) is 6.34. The van der Waals surface area contributed by atoms with Gasteiger partial charge in [-0.05, 0) is 66.7 Å². The van der Waals surface area contributed by atoms with Gasteiger partial charge >= 0.3 is 0 Å². The van der Waals surface area contributed by atoms with E-state index in [1.807, 2.05) is 23.1 Å². The largest absolute Gasteiger partial charge is 0.336 e. The Morgan fingerprint density at radius 2 is 1.61 bits per heavy atom. The number of hydrogen-bond donors (Lipinski definition) is 0. The second kappa shape index (κ2) is 8.27. The molecule has 0 unspecified atom stereocenters. The van der Waals surface area contributed by atoms with Crippen molar-refractivity contribution < 1.29 is 4.79 Å². The molecule has 0 spiro atoms. The van der Waals surface area contributed by atoms with Gasteiger partial charge in [-0.15, -0.1) is 0 Å². The van der Waals surface area contributed by atoms with Gasteiger partial charge in [0.05, 0.1) is 5.56 Å². The summed E-state index contributed by atoms with van der Waals surface area (Å²) in [4.78, 5) is 19.8. The van der Waals surface area contributed by atoms with Gasteiger partial charge in [0.15, 0.2) is 0 Å². The van der Waals surface area contributed by atoms with Crippen LogP contribution in [0.2, 0.25) is 0 Å². The maximum atomic E-state index is 12.7. The highest BCUT2D eigenvalue weighted by atomic mass is 127. The SMILES string of the molecule is O=C(c1cc(Br)ccc1I)N1CCN(CCN2CCCC2)CC1. The van der Waals surface area contributed by atoms with Crippen LogP contribution >= 0.6 is 38.5 Å². The second-order valence-corrected chi connectivity index (χ2v) is 8.38. The van der Waals surface area contributed by atoms with Crippen molar-refractivity contribution >= 4 is 44.4 Å². The van der Waals surface area contributed by atoms with Crippen molar-refractivity contribution in [3.05, 3.63) is 31.8 Å². The van der Waals surface area contributed by atoms with Crippen LogP contribution in [0.3, 0.4) is 0 Å². The summed E-state index contributed by atoms with van der Waals surface area (Å²) < 4.78 is 1.98. The molecule has 6 heteroatoms. The average Bonchev–Trinajstić information content (AvgIpc) is 3.08. The van der Waals surface area contributed by atoms with Gasteiger partial charge in [0.2, 0.25) is 0 Å². The molecule has 1 aromatic rings. The van der Waals surface area contributed by atoms with Crippen LogP contribution in [0.1, 0.15) is 23.2 Å². The quantitative estimate of drug-likeness (QED) is 0.606. The number of nitrogens with zero attached hydrogens (tertiary/aromatic N) is 3. The van der Waals surface area contributed by atoms with E-state index in [0.29, 0.717) is 0 Å². The molecule has 1 amide bonds. The van der Waals surface area contributed by atoms with Crippen LogP contribution in [-0.2, 0) is 0 Å². The molecule has 0 aliphatic carbocycles. The molecule has 2 aliphatic heterocycles. The summed E-state index contributed by atoms with van der Waals surface area (Å²) in [6, 6.07) is 5.91. The Hall–Kier alpha value is -0.180. The number of likely N-dealkylation sites (tertiary alicyclic amines) is 1. The summed E-state index contributed by atoms with van der Waals surface area (Å²) in [6.07, 6.45) is 2.71. The molecular weight excluding hydrogens is 469 g/mol. The van der Waals surface area contributed by atoms with Gasteiger partial charge in [0.1, 0.15) is 0 Å². The predicted octanol–water partition coefficient (Wildman–Crippen LogP) is 2.91. The second-order valence-electron chi connectivity index (χ2n) is 6.31. The molecule has 4 nitrogen and oxygen atoms in total. The van der Waals surface area contributed by atoms with Gasteiger partial charge in [0.25, 0.3) is 5.91 Å². The van der Waals surface area contributed by atoms with E-state index in [1.54, 1.807) is 0 Å². The first kappa shape index (κ1) is 17.6. The number of amides is 1. The van der Waals surface area contributed by atoms with Gasteiger partial charge in [0, 0.05) is 47.3 Å². The lowest BCUT2D eigenvalue weighted by atomic mass is 10.2. The fourth-order valence-corrected chi connectivity index (χ4v) is 4.22. The van der Waals surface area contributed by atoms with E-state index >= 15 is 0 Å². The summed E-state index contributed by atoms with van der Waals surface area (Å²) in [5, 5.41) is 0. The van der Waals surface area contributed by atoms with Crippen molar-refractivity contribution in [1.82, 2.24) is 14.7 Å². The molecular formula is C17H23BrIN3O. The number of hydrogen-bond acceptors (Lipinski definition) is 3. The van der Waals surface area contributed by atoms with Gasteiger partial charge in [-0.25, -0.2) is 0 Å². The molecule has 2 heterocycles. The minimum absolute atomic E-state index is 0.162. The van der Waals surface area contributed by atoms with E-state index in [9.17, 15) is 4.79 Å². The lowest BCUT2D eigenvalue weighted by Gasteiger charge is -2.35. The molecule has 126 valence electrons. The summed E-state index contributed by atoms with van der Waals surface area (Å²) >= 11 is 5.71. The Morgan fingerprint density at radius 1 is 1.00 bits per heavy atom. The minimum Gasteiger partial charge on any atom is -0.336 e. The number of rotatable bonds is 4. The number of piperazine rings is 1. The van der Waals surface area contributed by atoms with Crippen LogP contribution in [-0.4, -0.2) is 73.0 Å². The maximum Gasteiger partial charge on any atom is 0.255 e. The summed E-state index contributed by atoms with van der Waals surface area (Å²) in [7, 11) is 0. The zero-order chi connectivity index (χ0) is 16.2. The molecule has 2 aliphatic rings. The molecule has 0 atom stereocenters. The first-order valence-electron chi connectivity index (χ1n) is 8.32. The molecule has 0 N–H and O–H groups in total. The van der Waals surface area contributed by atoms with Gasteiger partial charge in [-0.1, -0.05) is 15.9 Å². The summed E-state index contributed by atoms with van der Waals surface area (Å²) in [5.74, 6) is 0.162. The van der Waals surface area contributed by atoms with Crippen LogP contribution < -0.4 is 0 Å². The maximum absolute atomic E-state index is 12.7. The normalized spacial score (nSPS) is 20.2. The van der Waals surface area contributed by atoms with Gasteiger partial charge < -0.3 is 9.80 Å². The third kappa shape index (κ3) is 4.67. The highest BCUT2D eigenvalue weighted by molar-refractivity contribution is 14.1. The minimum atomic E-state index is 0.162. The van der Waals surface area contributed by atoms with Crippen LogP contribution in [0, 0.1) is 3.57 Å². The van der Waals surface area contributed by atoms with E-state index in [4.69, 9.17) is 0 Å². The van der Waals surface area contributed by atoms with Crippen LogP contribution in [0.5, 0.6) is 0 Å². The van der Waals surface area contributed by atoms with Crippen molar-refractivity contribution in [3.8, 4) is 0 Å². The van der Waals surface area contributed by atoms with Crippen LogP contribution in [0.4, 0.5) is 0 Å². The average molecular weight is 492 g/mol. The highest BCUT2D eigenvalue weighted by Gasteiger charge is 2.24. The molecule has 0 bridgehead atoms. The first-order chi connectivity index (χ1) is 11.1. The fourth-order valence-electron chi connectivity index (χ4n) is 3.30. The molecule has 2 saturated heterocycles. The smallest absolute Gasteiger partial charge is 0.255 e. The Labute approximate surface area is 160 Å². The Bertz CT molecular complexity index is 555. The molecule has 3 rings (SSSR count).